The summed E-state index contributed by atoms with van der Waals surface area (Å²) in [7, 11) is 0. The number of pyridine rings is 2. The molecule has 0 radical (unpaired) electrons. The van der Waals surface area contributed by atoms with E-state index >= 15 is 0 Å². The Hall–Kier alpha value is -3.28. The van der Waals surface area contributed by atoms with Crippen LogP contribution in [0.2, 0.25) is 0 Å². The number of fused-ring (bicyclic) bond motifs is 1. The number of aromatic nitrogens is 2. The minimum absolute atomic E-state index is 0.00793. The Morgan fingerprint density at radius 3 is 2.50 bits per heavy atom. The van der Waals surface area contributed by atoms with Crippen molar-refractivity contribution in [3.8, 4) is 11.4 Å². The van der Waals surface area contributed by atoms with Crippen LogP contribution in [0.1, 0.15) is 29.6 Å². The summed E-state index contributed by atoms with van der Waals surface area (Å²) < 4.78 is 0. The van der Waals surface area contributed by atoms with Crippen LogP contribution in [0.4, 0.5) is 0 Å². The Labute approximate surface area is 150 Å². The molecule has 0 aliphatic heterocycles. The van der Waals surface area contributed by atoms with Crippen LogP contribution in [0.25, 0.3) is 22.3 Å². The molecular formula is C20H18N4O2. The van der Waals surface area contributed by atoms with Gasteiger partial charge in [-0.2, -0.15) is 0 Å². The number of amides is 2. The first kappa shape index (κ1) is 16.2. The minimum Gasteiger partial charge on any atom is -0.273 e. The summed E-state index contributed by atoms with van der Waals surface area (Å²) in [5.41, 5.74) is 7.51. The van der Waals surface area contributed by atoms with Crippen molar-refractivity contribution in [3.05, 3.63) is 60.3 Å². The van der Waals surface area contributed by atoms with E-state index in [4.69, 9.17) is 0 Å². The van der Waals surface area contributed by atoms with Gasteiger partial charge in [-0.05, 0) is 37.1 Å². The molecule has 0 saturated heterocycles. The van der Waals surface area contributed by atoms with Crippen molar-refractivity contribution in [3.63, 3.8) is 0 Å². The van der Waals surface area contributed by atoms with E-state index < -0.39 is 0 Å². The lowest BCUT2D eigenvalue weighted by atomic mass is 9.85. The molecule has 2 amide bonds. The molecule has 1 aliphatic rings. The van der Waals surface area contributed by atoms with Gasteiger partial charge in [0.05, 0.1) is 22.5 Å². The topological polar surface area (TPSA) is 84.0 Å². The first-order valence-electron chi connectivity index (χ1n) is 8.64. The second-order valence-electron chi connectivity index (χ2n) is 6.36. The maximum absolute atomic E-state index is 12.7. The molecule has 2 N–H and O–H groups in total. The lowest BCUT2D eigenvalue weighted by Gasteiger charge is -2.24. The van der Waals surface area contributed by atoms with E-state index in [1.165, 1.54) is 0 Å². The smallest absolute Gasteiger partial charge is 0.270 e. The Morgan fingerprint density at radius 2 is 1.77 bits per heavy atom. The van der Waals surface area contributed by atoms with Crippen molar-refractivity contribution >= 4 is 22.7 Å². The second kappa shape index (κ2) is 6.92. The summed E-state index contributed by atoms with van der Waals surface area (Å²) in [6.07, 6.45) is 4.51. The summed E-state index contributed by atoms with van der Waals surface area (Å²) in [5.74, 6) is -0.491. The van der Waals surface area contributed by atoms with Gasteiger partial charge >= 0.3 is 0 Å². The van der Waals surface area contributed by atoms with Crippen LogP contribution in [0, 0.1) is 5.92 Å². The second-order valence-corrected chi connectivity index (χ2v) is 6.36. The minimum atomic E-state index is -0.367. The third kappa shape index (κ3) is 3.13. The largest absolute Gasteiger partial charge is 0.273 e. The fourth-order valence-corrected chi connectivity index (χ4v) is 2.97. The highest BCUT2D eigenvalue weighted by Crippen LogP contribution is 2.26. The Balaban J connectivity index is 1.66. The van der Waals surface area contributed by atoms with Gasteiger partial charge < -0.3 is 0 Å². The summed E-state index contributed by atoms with van der Waals surface area (Å²) >= 11 is 0. The van der Waals surface area contributed by atoms with E-state index in [0.29, 0.717) is 22.5 Å². The normalized spacial score (nSPS) is 13.8. The van der Waals surface area contributed by atoms with Crippen LogP contribution in [-0.2, 0) is 4.79 Å². The van der Waals surface area contributed by atoms with Gasteiger partial charge in [-0.15, -0.1) is 0 Å². The number of hydrogen-bond acceptors (Lipinski definition) is 4. The molecule has 2 aromatic heterocycles. The Kier molecular flexibility index (Phi) is 4.31. The van der Waals surface area contributed by atoms with E-state index in [0.717, 1.165) is 24.6 Å². The average Bonchev–Trinajstić information content (AvgIpc) is 2.64. The van der Waals surface area contributed by atoms with Gasteiger partial charge in [-0.3, -0.25) is 25.4 Å². The number of rotatable bonds is 3. The zero-order valence-corrected chi connectivity index (χ0v) is 14.1. The highest BCUT2D eigenvalue weighted by molar-refractivity contribution is 6.07. The highest BCUT2D eigenvalue weighted by atomic mass is 16.2. The molecule has 4 rings (SSSR count). The molecule has 1 saturated carbocycles. The molecule has 0 bridgehead atoms. The number of carbonyl (C=O) groups is 2. The van der Waals surface area contributed by atoms with Gasteiger partial charge in [0.1, 0.15) is 0 Å². The molecule has 0 spiro atoms. The summed E-state index contributed by atoms with van der Waals surface area (Å²) in [5, 5.41) is 0.725. The molecule has 0 atom stereocenters. The van der Waals surface area contributed by atoms with Crippen molar-refractivity contribution in [2.75, 3.05) is 0 Å². The fraction of sp³-hybridized carbons (Fsp3) is 0.200. The maximum atomic E-state index is 12.7. The van der Waals surface area contributed by atoms with Crippen molar-refractivity contribution < 1.29 is 9.59 Å². The van der Waals surface area contributed by atoms with Crippen molar-refractivity contribution in [1.29, 1.82) is 0 Å². The summed E-state index contributed by atoms with van der Waals surface area (Å²) in [4.78, 5) is 33.6. The van der Waals surface area contributed by atoms with Crippen LogP contribution in [0.5, 0.6) is 0 Å². The van der Waals surface area contributed by atoms with Gasteiger partial charge in [0.15, 0.2) is 0 Å². The monoisotopic (exact) mass is 346 g/mol. The highest BCUT2D eigenvalue weighted by Gasteiger charge is 2.25. The first-order valence-corrected chi connectivity index (χ1v) is 8.64. The standard InChI is InChI=1S/C20H18N4O2/c25-19(13-6-5-7-13)23-24-20(26)15-12-18(17-10-3-4-11-21-17)22-16-9-2-1-8-14(15)16/h1-4,8-13H,5-7H2,(H,23,25)(H,24,26). The molecule has 6 heteroatoms. The lowest BCUT2D eigenvalue weighted by Crippen LogP contribution is -2.46. The molecule has 1 fully saturated rings. The van der Waals surface area contributed by atoms with Crippen LogP contribution in [0.15, 0.2) is 54.7 Å². The molecule has 0 unspecified atom stereocenters. The lowest BCUT2D eigenvalue weighted by molar-refractivity contribution is -0.128. The fourth-order valence-electron chi connectivity index (χ4n) is 2.97. The number of nitrogens with zero attached hydrogens (tertiary/aromatic N) is 2. The summed E-state index contributed by atoms with van der Waals surface area (Å²) in [6.45, 7) is 0. The van der Waals surface area contributed by atoms with Gasteiger partial charge in [0.25, 0.3) is 5.91 Å². The van der Waals surface area contributed by atoms with Crippen LogP contribution in [0.3, 0.4) is 0 Å². The first-order chi connectivity index (χ1) is 12.7. The maximum Gasteiger partial charge on any atom is 0.270 e. The molecule has 2 heterocycles. The van der Waals surface area contributed by atoms with Crippen molar-refractivity contribution in [2.24, 2.45) is 5.92 Å². The van der Waals surface area contributed by atoms with E-state index in [-0.39, 0.29) is 17.7 Å². The number of benzene rings is 1. The van der Waals surface area contributed by atoms with Gasteiger partial charge in [0.2, 0.25) is 5.91 Å². The van der Waals surface area contributed by atoms with Crippen molar-refractivity contribution in [1.82, 2.24) is 20.8 Å². The molecule has 26 heavy (non-hydrogen) atoms. The predicted molar refractivity (Wildman–Crippen MR) is 97.9 cm³/mol. The average molecular weight is 346 g/mol. The van der Waals surface area contributed by atoms with E-state index in [1.54, 1.807) is 12.3 Å². The number of para-hydroxylation sites is 1. The molecule has 130 valence electrons. The molecule has 1 aliphatic carbocycles. The number of hydrogen-bond donors (Lipinski definition) is 2. The van der Waals surface area contributed by atoms with Gasteiger partial charge in [-0.1, -0.05) is 30.7 Å². The van der Waals surface area contributed by atoms with E-state index in [2.05, 4.69) is 20.8 Å². The number of hydrazine groups is 1. The van der Waals surface area contributed by atoms with Crippen molar-refractivity contribution in [2.45, 2.75) is 19.3 Å². The quantitative estimate of drug-likeness (QED) is 0.714. The Bertz CT molecular complexity index is 968. The van der Waals surface area contributed by atoms with Crippen LogP contribution in [-0.4, -0.2) is 21.8 Å². The molecular weight excluding hydrogens is 328 g/mol. The molecule has 3 aromatic rings. The van der Waals surface area contributed by atoms with E-state index in [9.17, 15) is 9.59 Å². The zero-order chi connectivity index (χ0) is 17.9. The molecule has 6 nitrogen and oxygen atoms in total. The third-order valence-electron chi connectivity index (χ3n) is 4.66. The summed E-state index contributed by atoms with van der Waals surface area (Å²) in [6, 6.07) is 14.7. The Morgan fingerprint density at radius 1 is 0.962 bits per heavy atom. The SMILES string of the molecule is O=C(NNC(=O)C1CCC1)c1cc(-c2ccccn2)nc2ccccc12. The predicted octanol–water partition coefficient (Wildman–Crippen LogP) is 2.86. The third-order valence-corrected chi connectivity index (χ3v) is 4.66. The van der Waals surface area contributed by atoms with Gasteiger partial charge in [0, 0.05) is 17.5 Å². The van der Waals surface area contributed by atoms with Gasteiger partial charge in [-0.25, -0.2) is 4.98 Å². The van der Waals surface area contributed by atoms with Crippen LogP contribution < -0.4 is 10.9 Å². The zero-order valence-electron chi connectivity index (χ0n) is 14.1. The van der Waals surface area contributed by atoms with E-state index in [1.807, 2.05) is 42.5 Å². The number of carbonyl (C=O) groups excluding carboxylic acids is 2. The van der Waals surface area contributed by atoms with Crippen LogP contribution >= 0.6 is 0 Å². The molecule has 1 aromatic carbocycles. The number of nitrogens with one attached hydrogen (secondary N) is 2.